The van der Waals surface area contributed by atoms with Crippen LogP contribution in [0.25, 0.3) is 0 Å². The summed E-state index contributed by atoms with van der Waals surface area (Å²) in [6, 6.07) is 3.97. The van der Waals surface area contributed by atoms with Gasteiger partial charge in [-0.05, 0) is 30.9 Å². The lowest BCUT2D eigenvalue weighted by Crippen LogP contribution is -1.98. The Morgan fingerprint density at radius 3 is 2.40 bits per heavy atom. The highest BCUT2D eigenvalue weighted by Gasteiger charge is 2.47. The highest BCUT2D eigenvalue weighted by molar-refractivity contribution is 5.74. The monoisotopic (exact) mass is 206 g/mol. The van der Waals surface area contributed by atoms with Gasteiger partial charge >= 0.3 is 5.97 Å². The summed E-state index contributed by atoms with van der Waals surface area (Å²) in [5, 5.41) is 8.81. The van der Waals surface area contributed by atoms with Gasteiger partial charge in [-0.1, -0.05) is 6.92 Å². The topological polar surface area (TPSA) is 50.4 Å². The molecule has 0 aromatic carbocycles. The molecule has 2 aliphatic carbocycles. The first-order valence-electron chi connectivity index (χ1n) is 5.49. The molecule has 15 heavy (non-hydrogen) atoms. The van der Waals surface area contributed by atoms with Crippen molar-refractivity contribution < 1.29 is 14.3 Å². The molecule has 3 heteroatoms. The van der Waals surface area contributed by atoms with Gasteiger partial charge in [0.2, 0.25) is 0 Å². The van der Waals surface area contributed by atoms with Crippen LogP contribution in [0.4, 0.5) is 0 Å². The summed E-state index contributed by atoms with van der Waals surface area (Å²) in [6.07, 6.45) is 1.95. The minimum absolute atomic E-state index is 0.130. The van der Waals surface area contributed by atoms with Crippen LogP contribution in [-0.4, -0.2) is 11.1 Å². The highest BCUT2D eigenvalue weighted by Crippen LogP contribution is 2.51. The van der Waals surface area contributed by atoms with E-state index in [1.54, 1.807) is 0 Å². The summed E-state index contributed by atoms with van der Waals surface area (Å²) in [5.41, 5.74) is 0. The number of carbonyl (C=O) groups is 1. The molecule has 3 nitrogen and oxygen atoms in total. The van der Waals surface area contributed by atoms with Crippen molar-refractivity contribution in [2.24, 2.45) is 11.8 Å². The number of furan rings is 1. The third-order valence-electron chi connectivity index (χ3n) is 3.60. The van der Waals surface area contributed by atoms with E-state index in [9.17, 15) is 4.79 Å². The van der Waals surface area contributed by atoms with Crippen LogP contribution in [0.1, 0.15) is 43.1 Å². The largest absolute Gasteiger partial charge is 0.481 e. The van der Waals surface area contributed by atoms with Crippen LogP contribution in [0.5, 0.6) is 0 Å². The van der Waals surface area contributed by atoms with Crippen LogP contribution in [0.3, 0.4) is 0 Å². The van der Waals surface area contributed by atoms with Crippen LogP contribution in [0.15, 0.2) is 16.5 Å². The second-order valence-corrected chi connectivity index (χ2v) is 4.85. The van der Waals surface area contributed by atoms with Crippen LogP contribution in [0.2, 0.25) is 0 Å². The van der Waals surface area contributed by atoms with E-state index in [-0.39, 0.29) is 11.8 Å². The third kappa shape index (κ3) is 1.46. The Kier molecular flexibility index (Phi) is 1.73. The first-order valence-corrected chi connectivity index (χ1v) is 5.49. The highest BCUT2D eigenvalue weighted by atomic mass is 16.4. The normalized spacial score (nSPS) is 37.7. The molecule has 2 saturated carbocycles. The molecule has 0 saturated heterocycles. The minimum atomic E-state index is -0.697. The van der Waals surface area contributed by atoms with Crippen molar-refractivity contribution >= 4 is 5.97 Å². The molecule has 2 fully saturated rings. The fourth-order valence-electron chi connectivity index (χ4n) is 2.27. The number of hydrogen-bond donors (Lipinski definition) is 1. The lowest BCUT2D eigenvalue weighted by Gasteiger charge is -1.93. The predicted octanol–water partition coefficient (Wildman–Crippen LogP) is 2.59. The Bertz CT molecular complexity index is 407. The average Bonchev–Trinajstić information content (AvgIpc) is 3.07. The summed E-state index contributed by atoms with van der Waals surface area (Å²) in [6.45, 7) is 2.21. The predicted molar refractivity (Wildman–Crippen MR) is 53.7 cm³/mol. The Morgan fingerprint density at radius 1 is 1.33 bits per heavy atom. The number of carboxylic acids is 1. The number of aliphatic carboxylic acids is 1. The second kappa shape index (κ2) is 2.87. The lowest BCUT2D eigenvalue weighted by atomic mass is 10.2. The number of rotatable bonds is 3. The Hall–Kier alpha value is -1.25. The molecule has 3 rings (SSSR count). The molecule has 2 aliphatic rings. The first kappa shape index (κ1) is 9.01. The smallest absolute Gasteiger partial charge is 0.307 e. The maximum absolute atomic E-state index is 10.7. The van der Waals surface area contributed by atoms with E-state index in [0.717, 1.165) is 23.9 Å². The second-order valence-electron chi connectivity index (χ2n) is 4.85. The summed E-state index contributed by atoms with van der Waals surface area (Å²) in [4.78, 5) is 10.7. The van der Waals surface area contributed by atoms with E-state index < -0.39 is 5.97 Å². The average molecular weight is 206 g/mol. The molecule has 1 N–H and O–H groups in total. The lowest BCUT2D eigenvalue weighted by molar-refractivity contribution is -0.138. The molecule has 0 bridgehead atoms. The van der Waals surface area contributed by atoms with E-state index >= 15 is 0 Å². The molecule has 0 spiro atoms. The quantitative estimate of drug-likeness (QED) is 0.826. The standard InChI is InChI=1S/C12H14O3/c1-6-4-7(6)10-2-3-11(15-10)8-5-9(8)12(13)14/h2-3,6-9H,4-5H2,1H3,(H,13,14)/t6-,7-,8+,9-/m0/s1. The zero-order valence-corrected chi connectivity index (χ0v) is 8.64. The van der Waals surface area contributed by atoms with Gasteiger partial charge in [0.05, 0.1) is 5.92 Å². The van der Waals surface area contributed by atoms with Crippen molar-refractivity contribution in [3.63, 3.8) is 0 Å². The Morgan fingerprint density at radius 2 is 1.93 bits per heavy atom. The van der Waals surface area contributed by atoms with Crippen molar-refractivity contribution in [3.05, 3.63) is 23.7 Å². The van der Waals surface area contributed by atoms with Crippen molar-refractivity contribution in [2.75, 3.05) is 0 Å². The fraction of sp³-hybridized carbons (Fsp3) is 0.583. The van der Waals surface area contributed by atoms with E-state index in [4.69, 9.17) is 9.52 Å². The maximum Gasteiger partial charge on any atom is 0.307 e. The van der Waals surface area contributed by atoms with E-state index in [1.807, 2.05) is 12.1 Å². The SMILES string of the molecule is C[C@H]1C[C@@H]1c1ccc([C@@H]2C[C@@H]2C(=O)O)o1. The zero-order chi connectivity index (χ0) is 10.6. The molecule has 1 aromatic rings. The van der Waals surface area contributed by atoms with Crippen molar-refractivity contribution in [3.8, 4) is 0 Å². The van der Waals surface area contributed by atoms with Crippen molar-refractivity contribution in [2.45, 2.75) is 31.6 Å². The number of hydrogen-bond acceptors (Lipinski definition) is 2. The van der Waals surface area contributed by atoms with Crippen LogP contribution < -0.4 is 0 Å². The van der Waals surface area contributed by atoms with Gasteiger partial charge in [0.15, 0.2) is 0 Å². The fourth-order valence-corrected chi connectivity index (χ4v) is 2.27. The first-order chi connectivity index (χ1) is 7.16. The van der Waals surface area contributed by atoms with Crippen LogP contribution >= 0.6 is 0 Å². The van der Waals surface area contributed by atoms with Crippen molar-refractivity contribution in [1.29, 1.82) is 0 Å². The Balaban J connectivity index is 1.72. The summed E-state index contributed by atoms with van der Waals surface area (Å²) < 4.78 is 5.72. The van der Waals surface area contributed by atoms with Crippen molar-refractivity contribution in [1.82, 2.24) is 0 Å². The number of carboxylic acid groups (broad SMARTS) is 1. The third-order valence-corrected chi connectivity index (χ3v) is 3.60. The molecule has 0 aliphatic heterocycles. The van der Waals surface area contributed by atoms with Gasteiger partial charge in [-0.25, -0.2) is 0 Å². The van der Waals surface area contributed by atoms with Gasteiger partial charge in [0.25, 0.3) is 0 Å². The molecule has 80 valence electrons. The van der Waals surface area contributed by atoms with E-state index in [2.05, 4.69) is 6.92 Å². The minimum Gasteiger partial charge on any atom is -0.481 e. The summed E-state index contributed by atoms with van der Waals surface area (Å²) >= 11 is 0. The van der Waals surface area contributed by atoms with Crippen LogP contribution in [0, 0.1) is 11.8 Å². The summed E-state index contributed by atoms with van der Waals surface area (Å²) in [5.74, 6) is 2.47. The summed E-state index contributed by atoms with van der Waals surface area (Å²) in [7, 11) is 0. The molecule has 0 amide bonds. The van der Waals surface area contributed by atoms with Crippen LogP contribution in [-0.2, 0) is 4.79 Å². The van der Waals surface area contributed by atoms with Gasteiger partial charge in [0, 0.05) is 11.8 Å². The van der Waals surface area contributed by atoms with Gasteiger partial charge in [-0.15, -0.1) is 0 Å². The van der Waals surface area contributed by atoms with E-state index in [1.165, 1.54) is 6.42 Å². The molecule has 4 atom stereocenters. The zero-order valence-electron chi connectivity index (χ0n) is 8.64. The molecule has 0 unspecified atom stereocenters. The van der Waals surface area contributed by atoms with Gasteiger partial charge in [0.1, 0.15) is 11.5 Å². The van der Waals surface area contributed by atoms with Gasteiger partial charge in [-0.2, -0.15) is 0 Å². The molecule has 1 heterocycles. The maximum atomic E-state index is 10.7. The molecule has 1 aromatic heterocycles. The van der Waals surface area contributed by atoms with Gasteiger partial charge in [-0.3, -0.25) is 4.79 Å². The Labute approximate surface area is 88.1 Å². The van der Waals surface area contributed by atoms with Gasteiger partial charge < -0.3 is 9.52 Å². The molecule has 0 radical (unpaired) electrons. The molecular weight excluding hydrogens is 192 g/mol. The van der Waals surface area contributed by atoms with E-state index in [0.29, 0.717) is 5.92 Å². The molecular formula is C12H14O3.